The second-order valence-corrected chi connectivity index (χ2v) is 23.0. The molecular formula is C26H54O2Sn. The van der Waals surface area contributed by atoms with E-state index in [2.05, 4.69) is 41.5 Å². The molecule has 0 aliphatic heterocycles. The Kier molecular flexibility index (Phi) is 18.1. The Bertz CT molecular complexity index is 351. The van der Waals surface area contributed by atoms with E-state index in [1.807, 2.05) is 0 Å². The minimum absolute atomic E-state index is 0.484. The van der Waals surface area contributed by atoms with Gasteiger partial charge in [-0.05, 0) is 0 Å². The van der Waals surface area contributed by atoms with Crippen LogP contribution in [-0.4, -0.2) is 29.5 Å². The van der Waals surface area contributed by atoms with Gasteiger partial charge in [0.05, 0.1) is 0 Å². The second kappa shape index (κ2) is 17.9. The Morgan fingerprint density at radius 2 is 0.966 bits per heavy atom. The molecule has 0 rings (SSSR count). The molecule has 3 heteroatoms. The van der Waals surface area contributed by atoms with Crippen molar-refractivity contribution in [3.63, 3.8) is 0 Å². The van der Waals surface area contributed by atoms with Crippen molar-refractivity contribution in [2.45, 2.75) is 136 Å². The SMILES string of the molecule is CCCCC(CC)[CH2][Sn]([CH2]C(=O)O)([CH2]C(CC)CCCC)[CH2]C(CC)CCCC. The fourth-order valence-electron chi connectivity index (χ4n) is 5.45. The van der Waals surface area contributed by atoms with E-state index in [0.29, 0.717) is 4.44 Å². The van der Waals surface area contributed by atoms with Crippen LogP contribution >= 0.6 is 0 Å². The molecule has 0 saturated carbocycles. The first-order valence-electron chi connectivity index (χ1n) is 13.1. The summed E-state index contributed by atoms with van der Waals surface area (Å²) in [6.07, 6.45) is 15.4. The van der Waals surface area contributed by atoms with Crippen molar-refractivity contribution in [1.29, 1.82) is 0 Å². The molecular weight excluding hydrogens is 463 g/mol. The number of hydrogen-bond acceptors (Lipinski definition) is 1. The number of carboxylic acid groups (broad SMARTS) is 1. The van der Waals surface area contributed by atoms with Gasteiger partial charge in [0.1, 0.15) is 0 Å². The number of unbranched alkanes of at least 4 members (excludes halogenated alkanes) is 3. The zero-order valence-electron chi connectivity index (χ0n) is 20.9. The Morgan fingerprint density at radius 3 is 1.17 bits per heavy atom. The molecule has 0 aliphatic rings. The molecule has 0 fully saturated rings. The van der Waals surface area contributed by atoms with Crippen LogP contribution < -0.4 is 0 Å². The summed E-state index contributed by atoms with van der Waals surface area (Å²) in [5.41, 5.74) is 0. The van der Waals surface area contributed by atoms with E-state index < -0.39 is 24.3 Å². The Balaban J connectivity index is 5.73. The summed E-state index contributed by atoms with van der Waals surface area (Å²) in [4.78, 5) is 12.1. The van der Waals surface area contributed by atoms with Gasteiger partial charge in [0, 0.05) is 0 Å². The predicted molar refractivity (Wildman–Crippen MR) is 133 cm³/mol. The molecule has 0 radical (unpaired) electrons. The molecule has 3 unspecified atom stereocenters. The number of carbonyl (C=O) groups is 1. The molecule has 3 atom stereocenters. The third kappa shape index (κ3) is 13.3. The number of rotatable bonds is 20. The molecule has 0 spiro atoms. The van der Waals surface area contributed by atoms with Crippen molar-refractivity contribution in [2.75, 3.05) is 0 Å². The minimum atomic E-state index is -2.81. The standard InChI is InChI=1S/3C8H17.C2H3O2.Sn/c3*1-4-6-7-8(3)5-2;1-2(3)4;/h3*8H,3-7H2,1-2H3;1H2,(H,3,4);. The molecule has 0 aromatic carbocycles. The summed E-state index contributed by atoms with van der Waals surface area (Å²) in [7, 11) is 0. The average Bonchev–Trinajstić information content (AvgIpc) is 2.70. The van der Waals surface area contributed by atoms with Gasteiger partial charge in [-0.1, -0.05) is 0 Å². The molecule has 0 amide bonds. The van der Waals surface area contributed by atoms with Crippen molar-refractivity contribution in [3.05, 3.63) is 0 Å². The molecule has 0 aromatic rings. The van der Waals surface area contributed by atoms with Gasteiger partial charge in [0.2, 0.25) is 0 Å². The van der Waals surface area contributed by atoms with E-state index in [4.69, 9.17) is 0 Å². The fourth-order valence-corrected chi connectivity index (χ4v) is 24.7. The van der Waals surface area contributed by atoms with Crippen LogP contribution in [-0.2, 0) is 4.79 Å². The second-order valence-electron chi connectivity index (χ2n) is 9.93. The molecule has 174 valence electrons. The monoisotopic (exact) mass is 518 g/mol. The van der Waals surface area contributed by atoms with E-state index in [-0.39, 0.29) is 0 Å². The van der Waals surface area contributed by atoms with Gasteiger partial charge < -0.3 is 0 Å². The van der Waals surface area contributed by atoms with Crippen LogP contribution in [0.2, 0.25) is 17.7 Å². The summed E-state index contributed by atoms with van der Waals surface area (Å²) in [6.45, 7) is 13.9. The van der Waals surface area contributed by atoms with E-state index in [9.17, 15) is 9.90 Å². The maximum atomic E-state index is 12.1. The van der Waals surface area contributed by atoms with E-state index in [0.717, 1.165) is 17.8 Å². The summed E-state index contributed by atoms with van der Waals surface area (Å²) in [5.74, 6) is 1.84. The molecule has 0 aliphatic carbocycles. The van der Waals surface area contributed by atoms with Crippen LogP contribution in [0.25, 0.3) is 0 Å². The van der Waals surface area contributed by atoms with Gasteiger partial charge in [-0.2, -0.15) is 0 Å². The first kappa shape index (κ1) is 29.3. The zero-order chi connectivity index (χ0) is 22.1. The van der Waals surface area contributed by atoms with Gasteiger partial charge >= 0.3 is 188 Å². The van der Waals surface area contributed by atoms with Crippen molar-refractivity contribution in [2.24, 2.45) is 17.8 Å². The Hall–Kier alpha value is 0.269. The van der Waals surface area contributed by atoms with E-state index in [1.54, 1.807) is 0 Å². The molecule has 0 aromatic heterocycles. The van der Waals surface area contributed by atoms with Crippen LogP contribution in [0.15, 0.2) is 0 Å². The maximum absolute atomic E-state index is 12.1. The molecule has 0 saturated heterocycles. The quantitative estimate of drug-likeness (QED) is 0.164. The number of aliphatic carboxylic acids is 1. The Labute approximate surface area is 187 Å². The van der Waals surface area contributed by atoms with E-state index in [1.165, 1.54) is 90.4 Å². The zero-order valence-corrected chi connectivity index (χ0v) is 23.8. The van der Waals surface area contributed by atoms with Crippen molar-refractivity contribution in [1.82, 2.24) is 0 Å². The van der Waals surface area contributed by atoms with Gasteiger partial charge in [0.25, 0.3) is 0 Å². The summed E-state index contributed by atoms with van der Waals surface area (Å²) in [5, 5.41) is 9.99. The number of carboxylic acids is 1. The van der Waals surface area contributed by atoms with Crippen molar-refractivity contribution in [3.8, 4) is 0 Å². The van der Waals surface area contributed by atoms with Crippen LogP contribution in [0.1, 0.15) is 119 Å². The summed E-state index contributed by atoms with van der Waals surface area (Å²) in [6, 6.07) is 0. The van der Waals surface area contributed by atoms with Crippen LogP contribution in [0, 0.1) is 17.8 Å². The van der Waals surface area contributed by atoms with Crippen molar-refractivity contribution < 1.29 is 9.90 Å². The third-order valence-corrected chi connectivity index (χ3v) is 22.7. The van der Waals surface area contributed by atoms with Crippen LogP contribution in [0.4, 0.5) is 0 Å². The third-order valence-electron chi connectivity index (χ3n) is 7.32. The molecule has 0 bridgehead atoms. The van der Waals surface area contributed by atoms with Gasteiger partial charge in [0.15, 0.2) is 0 Å². The van der Waals surface area contributed by atoms with Gasteiger partial charge in [-0.25, -0.2) is 0 Å². The van der Waals surface area contributed by atoms with E-state index >= 15 is 0 Å². The van der Waals surface area contributed by atoms with Crippen LogP contribution in [0.5, 0.6) is 0 Å². The van der Waals surface area contributed by atoms with Crippen molar-refractivity contribution >= 4 is 24.3 Å². The summed E-state index contributed by atoms with van der Waals surface area (Å²) >= 11 is -2.81. The first-order chi connectivity index (χ1) is 13.9. The summed E-state index contributed by atoms with van der Waals surface area (Å²) < 4.78 is 4.59. The molecule has 1 N–H and O–H groups in total. The molecule has 29 heavy (non-hydrogen) atoms. The molecule has 2 nitrogen and oxygen atoms in total. The normalized spacial score (nSPS) is 16.9. The predicted octanol–water partition coefficient (Wildman–Crippen LogP) is 9.17. The molecule has 0 heterocycles. The van der Waals surface area contributed by atoms with Gasteiger partial charge in [-0.3, -0.25) is 0 Å². The Morgan fingerprint density at radius 1 is 0.655 bits per heavy atom. The van der Waals surface area contributed by atoms with Gasteiger partial charge in [-0.15, -0.1) is 0 Å². The fraction of sp³-hybridized carbons (Fsp3) is 0.962. The average molecular weight is 517 g/mol. The number of hydrogen-bond donors (Lipinski definition) is 1. The first-order valence-corrected chi connectivity index (χ1v) is 21.2. The van der Waals surface area contributed by atoms with Crippen LogP contribution in [0.3, 0.4) is 0 Å². The topological polar surface area (TPSA) is 37.3 Å².